The molecule has 1 aromatic heterocycles. The summed E-state index contributed by atoms with van der Waals surface area (Å²) in [5.74, 6) is 0.872. The number of allylic oxidation sites excluding steroid dienone is 4. The van der Waals surface area contributed by atoms with Crippen molar-refractivity contribution in [1.82, 2.24) is 10.00 Å². The largest absolute Gasteiger partial charge is 0.493 e. The number of aromatic nitrogens is 2. The molecule has 0 saturated carbocycles. The van der Waals surface area contributed by atoms with Gasteiger partial charge in [-0.25, -0.2) is 13.9 Å². The SMILES string of the molecule is N/C=N\C(=NC1=CC=C(F)CC1F)[n+]1cc2c([nH]1)-c1cc(C3CCN(CCO)CC3)ccc1OCC2. The van der Waals surface area contributed by atoms with Crippen LogP contribution in [0, 0.1) is 0 Å². The van der Waals surface area contributed by atoms with Crippen LogP contribution in [0.15, 0.2) is 58.1 Å². The van der Waals surface area contributed by atoms with Crippen molar-refractivity contribution in [2.45, 2.75) is 37.8 Å². The zero-order chi connectivity index (χ0) is 25.1. The fraction of sp³-hybridized carbons (Fsp3) is 0.423. The Bertz CT molecular complexity index is 1230. The molecule has 3 aliphatic rings. The molecule has 1 unspecified atom stereocenters. The van der Waals surface area contributed by atoms with Crippen molar-refractivity contribution in [3.63, 3.8) is 0 Å². The number of piperidine rings is 1. The van der Waals surface area contributed by atoms with Crippen LogP contribution in [-0.4, -0.2) is 66.4 Å². The van der Waals surface area contributed by atoms with E-state index in [2.05, 4.69) is 32.1 Å². The molecule has 5 rings (SSSR count). The third kappa shape index (κ3) is 5.10. The zero-order valence-electron chi connectivity index (χ0n) is 20.0. The second-order valence-corrected chi connectivity index (χ2v) is 9.27. The molecule has 1 atom stereocenters. The van der Waals surface area contributed by atoms with Crippen molar-refractivity contribution in [3.05, 3.63) is 59.2 Å². The van der Waals surface area contributed by atoms with Gasteiger partial charge in [0.25, 0.3) is 0 Å². The number of aromatic amines is 1. The average molecular weight is 498 g/mol. The van der Waals surface area contributed by atoms with E-state index < -0.39 is 12.0 Å². The van der Waals surface area contributed by atoms with Gasteiger partial charge in [0, 0.05) is 30.5 Å². The molecule has 0 spiro atoms. The Kier molecular flexibility index (Phi) is 7.24. The van der Waals surface area contributed by atoms with E-state index in [4.69, 9.17) is 10.5 Å². The fourth-order valence-electron chi connectivity index (χ4n) is 5.06. The number of hydrogen-bond donors (Lipinski definition) is 3. The van der Waals surface area contributed by atoms with Crippen LogP contribution >= 0.6 is 0 Å². The first kappa shape index (κ1) is 24.3. The number of benzene rings is 1. The Morgan fingerprint density at radius 3 is 2.89 bits per heavy atom. The molecule has 190 valence electrons. The van der Waals surface area contributed by atoms with Crippen LogP contribution in [0.1, 0.15) is 36.3 Å². The molecule has 4 N–H and O–H groups in total. The first-order chi connectivity index (χ1) is 17.6. The summed E-state index contributed by atoms with van der Waals surface area (Å²) in [6, 6.07) is 6.35. The van der Waals surface area contributed by atoms with Gasteiger partial charge in [-0.2, -0.15) is 0 Å². The number of aliphatic imine (C=N–C) groups is 2. The number of β-amino-alcohol motifs (C(OH)–C–C–N with tert-alkyl or cyclic N) is 1. The lowest BCUT2D eigenvalue weighted by Crippen LogP contribution is -2.44. The Balaban J connectivity index is 1.47. The van der Waals surface area contributed by atoms with E-state index in [1.54, 1.807) is 4.68 Å². The molecule has 2 aliphatic heterocycles. The lowest BCUT2D eigenvalue weighted by Gasteiger charge is -2.31. The molecule has 0 bridgehead atoms. The van der Waals surface area contributed by atoms with Gasteiger partial charge >= 0.3 is 5.96 Å². The van der Waals surface area contributed by atoms with Crippen LogP contribution in [0.2, 0.25) is 0 Å². The number of rotatable bonds is 4. The Morgan fingerprint density at radius 1 is 1.31 bits per heavy atom. The molecule has 36 heavy (non-hydrogen) atoms. The number of nitrogens with two attached hydrogens (primary N) is 1. The topological polar surface area (TPSA) is 103 Å². The van der Waals surface area contributed by atoms with Crippen LogP contribution in [0.5, 0.6) is 5.75 Å². The second-order valence-electron chi connectivity index (χ2n) is 9.27. The van der Waals surface area contributed by atoms with Crippen LogP contribution < -0.4 is 15.2 Å². The highest BCUT2D eigenvalue weighted by molar-refractivity contribution is 5.81. The van der Waals surface area contributed by atoms with E-state index in [0.29, 0.717) is 18.9 Å². The Hall–Kier alpha value is -3.37. The predicted octanol–water partition coefficient (Wildman–Crippen LogP) is 2.75. The van der Waals surface area contributed by atoms with E-state index >= 15 is 0 Å². The van der Waals surface area contributed by atoms with Gasteiger partial charge < -0.3 is 20.5 Å². The number of nitrogens with one attached hydrogen (secondary N) is 1. The standard InChI is InChI=1S/C26H30F2N6O2/c27-20-2-3-23(22(28)14-20)31-26(30-16-29)34-15-19-7-12-36-24-4-1-18(13-21(24)25(19)32-34)17-5-8-33(9-6-17)10-11-35/h1-4,13,15-17,22,35H,5-12,14H2,(H2,29,30,31)/p+1. The number of H-pyrrole nitrogens is 1. The van der Waals surface area contributed by atoms with Gasteiger partial charge in [0.05, 0.1) is 25.1 Å². The second kappa shape index (κ2) is 10.7. The Morgan fingerprint density at radius 2 is 2.14 bits per heavy atom. The summed E-state index contributed by atoms with van der Waals surface area (Å²) in [4.78, 5) is 10.8. The molecule has 1 aliphatic carbocycles. The van der Waals surface area contributed by atoms with Gasteiger partial charge in [0.1, 0.15) is 11.6 Å². The van der Waals surface area contributed by atoms with Crippen molar-refractivity contribution >= 4 is 12.3 Å². The highest BCUT2D eigenvalue weighted by Gasteiger charge is 2.28. The number of nitrogens with zero attached hydrogens (tertiary/aromatic N) is 4. The van der Waals surface area contributed by atoms with Gasteiger partial charge in [0.15, 0.2) is 18.2 Å². The smallest absolute Gasteiger partial charge is 0.456 e. The quantitative estimate of drug-likeness (QED) is 0.343. The predicted molar refractivity (Wildman–Crippen MR) is 133 cm³/mol. The number of halogens is 2. The van der Waals surface area contributed by atoms with Crippen molar-refractivity contribution < 1.29 is 23.3 Å². The first-order valence-electron chi connectivity index (χ1n) is 12.3. The van der Waals surface area contributed by atoms with E-state index in [1.807, 2.05) is 12.3 Å². The lowest BCUT2D eigenvalue weighted by molar-refractivity contribution is -0.618. The number of alkyl halides is 1. The third-order valence-corrected chi connectivity index (χ3v) is 6.98. The minimum Gasteiger partial charge on any atom is -0.493 e. The molecule has 1 fully saturated rings. The minimum atomic E-state index is -1.55. The fourth-order valence-corrected chi connectivity index (χ4v) is 5.06. The molecule has 0 radical (unpaired) electrons. The summed E-state index contributed by atoms with van der Waals surface area (Å²) < 4.78 is 35.4. The van der Waals surface area contributed by atoms with E-state index in [-0.39, 0.29) is 24.7 Å². The van der Waals surface area contributed by atoms with Gasteiger partial charge in [-0.15, -0.1) is 4.68 Å². The van der Waals surface area contributed by atoms with Gasteiger partial charge in [0.2, 0.25) is 0 Å². The monoisotopic (exact) mass is 497 g/mol. The first-order valence-corrected chi connectivity index (χ1v) is 12.3. The molecule has 10 heteroatoms. The molecule has 3 heterocycles. The summed E-state index contributed by atoms with van der Waals surface area (Å²) in [7, 11) is 0. The number of ether oxygens (including phenoxy) is 1. The summed E-state index contributed by atoms with van der Waals surface area (Å²) in [5, 5.41) is 12.6. The lowest BCUT2D eigenvalue weighted by atomic mass is 9.88. The maximum absolute atomic E-state index is 14.4. The van der Waals surface area contributed by atoms with Gasteiger partial charge in [-0.05, 0) is 61.7 Å². The summed E-state index contributed by atoms with van der Waals surface area (Å²) >= 11 is 0. The highest BCUT2D eigenvalue weighted by Crippen LogP contribution is 2.38. The van der Waals surface area contributed by atoms with Crippen molar-refractivity contribution in [2.24, 2.45) is 15.7 Å². The normalized spacial score (nSPS) is 21.4. The van der Waals surface area contributed by atoms with Crippen LogP contribution in [-0.2, 0) is 6.42 Å². The van der Waals surface area contributed by atoms with E-state index in [0.717, 1.165) is 61.4 Å². The van der Waals surface area contributed by atoms with Crippen molar-refractivity contribution in [2.75, 3.05) is 32.8 Å². The number of aliphatic hydroxyl groups excluding tert-OH is 1. The zero-order valence-corrected chi connectivity index (χ0v) is 20.0. The van der Waals surface area contributed by atoms with Gasteiger partial charge in [-0.3, -0.25) is 0 Å². The number of likely N-dealkylation sites (tertiary alicyclic amines) is 1. The molecule has 0 amide bonds. The minimum absolute atomic E-state index is 0.0906. The van der Waals surface area contributed by atoms with Crippen molar-refractivity contribution in [3.8, 4) is 17.0 Å². The average Bonchev–Trinajstić information content (AvgIpc) is 3.22. The molecular formula is C26H31F2N6O2+. The molecule has 1 aromatic carbocycles. The van der Waals surface area contributed by atoms with Crippen LogP contribution in [0.25, 0.3) is 11.3 Å². The molecule has 1 saturated heterocycles. The Labute approximate surface area is 208 Å². The molecule has 2 aromatic rings. The third-order valence-electron chi connectivity index (χ3n) is 6.98. The van der Waals surface area contributed by atoms with Gasteiger partial charge in [-0.1, -0.05) is 16.1 Å². The number of hydrogen-bond acceptors (Lipinski definition) is 4. The summed E-state index contributed by atoms with van der Waals surface area (Å²) in [5.41, 5.74) is 9.77. The summed E-state index contributed by atoms with van der Waals surface area (Å²) in [6.45, 7) is 3.36. The van der Waals surface area contributed by atoms with Crippen molar-refractivity contribution in [1.29, 1.82) is 0 Å². The van der Waals surface area contributed by atoms with Crippen LogP contribution in [0.4, 0.5) is 8.78 Å². The number of aliphatic hydroxyl groups is 1. The number of fused-ring (bicyclic) bond motifs is 3. The van der Waals surface area contributed by atoms with E-state index in [1.165, 1.54) is 17.7 Å². The molecule has 8 nitrogen and oxygen atoms in total. The maximum atomic E-state index is 14.4. The maximum Gasteiger partial charge on any atom is 0.456 e. The highest BCUT2D eigenvalue weighted by atomic mass is 19.1. The summed E-state index contributed by atoms with van der Waals surface area (Å²) in [6.07, 6.45) is 6.36. The van der Waals surface area contributed by atoms with E-state index in [9.17, 15) is 13.9 Å². The molecular weight excluding hydrogens is 466 g/mol. The van der Waals surface area contributed by atoms with Crippen LogP contribution in [0.3, 0.4) is 0 Å².